The van der Waals surface area contributed by atoms with E-state index in [1.807, 2.05) is 0 Å². The third-order valence-corrected chi connectivity index (χ3v) is 7.78. The molecular formula is C33H48Cl2N2O5. The number of benzene rings is 2. The molecule has 0 unspecified atom stereocenters. The smallest absolute Gasteiger partial charge is 0.338 e. The molecule has 0 amide bonds. The zero-order valence-corrected chi connectivity index (χ0v) is 27.2. The van der Waals surface area contributed by atoms with Gasteiger partial charge in [0.2, 0.25) is 0 Å². The predicted octanol–water partition coefficient (Wildman–Crippen LogP) is 7.08. The molecule has 7 nitrogen and oxygen atoms in total. The SMILES string of the molecule is CCN(CC)CCCCCOC(=O)c1ccc2c(c1)C(=O)c1cc(C(=O)OCCCCCN(CC)CC)ccc1-2.Cl.Cl. The van der Waals surface area contributed by atoms with Crippen LogP contribution in [0.4, 0.5) is 0 Å². The highest BCUT2D eigenvalue weighted by Gasteiger charge is 2.29. The fraction of sp³-hybridized carbons (Fsp3) is 0.545. The maximum Gasteiger partial charge on any atom is 0.338 e. The van der Waals surface area contributed by atoms with Gasteiger partial charge in [-0.1, -0.05) is 39.8 Å². The lowest BCUT2D eigenvalue weighted by atomic mass is 10.0. The first kappa shape index (κ1) is 37.6. The molecule has 1 aliphatic carbocycles. The van der Waals surface area contributed by atoms with Crippen LogP contribution in [0, 0.1) is 0 Å². The van der Waals surface area contributed by atoms with Crippen molar-refractivity contribution in [3.63, 3.8) is 0 Å². The van der Waals surface area contributed by atoms with Crippen LogP contribution in [0.2, 0.25) is 0 Å². The van der Waals surface area contributed by atoms with Crippen molar-refractivity contribution in [1.29, 1.82) is 0 Å². The van der Waals surface area contributed by atoms with Crippen molar-refractivity contribution in [1.82, 2.24) is 9.80 Å². The molecule has 0 bridgehead atoms. The number of ketones is 1. The van der Waals surface area contributed by atoms with Crippen LogP contribution in [0.15, 0.2) is 36.4 Å². The van der Waals surface area contributed by atoms with E-state index < -0.39 is 11.9 Å². The molecule has 0 aromatic heterocycles. The van der Waals surface area contributed by atoms with Crippen LogP contribution in [-0.2, 0) is 9.47 Å². The number of esters is 2. The first-order chi connectivity index (χ1) is 19.4. The largest absolute Gasteiger partial charge is 0.462 e. The number of unbranched alkanes of at least 4 members (excludes halogenated alkanes) is 4. The van der Waals surface area contributed by atoms with E-state index in [4.69, 9.17) is 9.47 Å². The molecule has 2 aromatic carbocycles. The van der Waals surface area contributed by atoms with Crippen LogP contribution >= 0.6 is 24.8 Å². The summed E-state index contributed by atoms with van der Waals surface area (Å²) < 4.78 is 10.9. The van der Waals surface area contributed by atoms with Crippen molar-refractivity contribution in [3.05, 3.63) is 58.7 Å². The van der Waals surface area contributed by atoms with Gasteiger partial charge < -0.3 is 19.3 Å². The number of rotatable bonds is 18. The van der Waals surface area contributed by atoms with Gasteiger partial charge in [0.25, 0.3) is 0 Å². The van der Waals surface area contributed by atoms with E-state index in [-0.39, 0.29) is 30.6 Å². The van der Waals surface area contributed by atoms with Crippen LogP contribution in [0.5, 0.6) is 0 Å². The molecule has 42 heavy (non-hydrogen) atoms. The predicted molar refractivity (Wildman–Crippen MR) is 174 cm³/mol. The van der Waals surface area contributed by atoms with Crippen molar-refractivity contribution in [2.24, 2.45) is 0 Å². The number of hydrogen-bond acceptors (Lipinski definition) is 7. The van der Waals surface area contributed by atoms with Crippen molar-refractivity contribution >= 4 is 42.5 Å². The summed E-state index contributed by atoms with van der Waals surface area (Å²) in [5.41, 5.74) is 3.18. The summed E-state index contributed by atoms with van der Waals surface area (Å²) in [6.07, 6.45) is 5.80. The minimum atomic E-state index is -0.420. The van der Waals surface area contributed by atoms with Crippen LogP contribution < -0.4 is 0 Å². The van der Waals surface area contributed by atoms with Gasteiger partial charge in [-0.3, -0.25) is 4.79 Å². The lowest BCUT2D eigenvalue weighted by Crippen LogP contribution is -2.23. The second-order valence-corrected chi connectivity index (χ2v) is 10.3. The molecule has 2 aromatic rings. The Morgan fingerprint density at radius 1 is 0.571 bits per heavy atom. The number of carbonyl (C=O) groups is 3. The van der Waals surface area contributed by atoms with Gasteiger partial charge in [0.15, 0.2) is 5.78 Å². The fourth-order valence-corrected chi connectivity index (χ4v) is 5.14. The summed E-state index contributed by atoms with van der Waals surface area (Å²) in [6, 6.07) is 10.2. The Hall–Kier alpha value is -2.45. The Balaban J connectivity index is 0.00000441. The molecule has 0 aliphatic heterocycles. The molecule has 0 atom stereocenters. The quantitative estimate of drug-likeness (QED) is 0.111. The molecule has 0 fully saturated rings. The number of carbonyl (C=O) groups excluding carboxylic acids is 3. The molecule has 3 rings (SSSR count). The average Bonchev–Trinajstić information content (AvgIpc) is 3.26. The first-order valence-corrected chi connectivity index (χ1v) is 15.0. The Kier molecular flexibility index (Phi) is 17.6. The topological polar surface area (TPSA) is 76.1 Å². The summed E-state index contributed by atoms with van der Waals surface area (Å²) in [7, 11) is 0. The molecule has 0 N–H and O–H groups in total. The second-order valence-electron chi connectivity index (χ2n) is 10.3. The summed E-state index contributed by atoms with van der Waals surface area (Å²) in [4.78, 5) is 43.2. The molecule has 0 spiro atoms. The van der Waals surface area contributed by atoms with Gasteiger partial charge in [0.1, 0.15) is 0 Å². The standard InChI is InChI=1S/C33H46N2O5.2ClH/c1-5-34(6-2)19-11-9-13-21-39-32(37)25-15-17-27-28-18-16-26(24-30(28)31(36)29(27)23-25)33(38)40-22-14-10-12-20-35(7-3)8-4;;/h15-18,23-24H,5-14,19-22H2,1-4H3;2*1H. The van der Waals surface area contributed by atoms with Crippen molar-refractivity contribution in [3.8, 4) is 11.1 Å². The molecular weight excluding hydrogens is 575 g/mol. The van der Waals surface area contributed by atoms with Gasteiger partial charge in [-0.25, -0.2) is 9.59 Å². The van der Waals surface area contributed by atoms with Crippen LogP contribution in [0.1, 0.15) is 103 Å². The van der Waals surface area contributed by atoms with Gasteiger partial charge in [0, 0.05) is 11.1 Å². The maximum absolute atomic E-state index is 13.2. The molecule has 1 aliphatic rings. The molecule has 9 heteroatoms. The van der Waals surface area contributed by atoms with Crippen LogP contribution in [0.25, 0.3) is 11.1 Å². The lowest BCUT2D eigenvalue weighted by Gasteiger charge is -2.17. The highest BCUT2D eigenvalue weighted by Crippen LogP contribution is 2.37. The van der Waals surface area contributed by atoms with Gasteiger partial charge in [-0.2, -0.15) is 0 Å². The van der Waals surface area contributed by atoms with E-state index in [9.17, 15) is 14.4 Å². The Labute approximate surface area is 264 Å². The third kappa shape index (κ3) is 10.4. The fourth-order valence-electron chi connectivity index (χ4n) is 5.14. The normalized spacial score (nSPS) is 11.5. The number of hydrogen-bond donors (Lipinski definition) is 0. The molecule has 0 heterocycles. The highest BCUT2D eigenvalue weighted by molar-refractivity contribution is 6.22. The lowest BCUT2D eigenvalue weighted by molar-refractivity contribution is 0.0488. The Morgan fingerprint density at radius 3 is 1.31 bits per heavy atom. The summed E-state index contributed by atoms with van der Waals surface area (Å²) in [5.74, 6) is -1.03. The van der Waals surface area contributed by atoms with E-state index in [0.29, 0.717) is 35.5 Å². The summed E-state index contributed by atoms with van der Waals surface area (Å²) in [5, 5.41) is 0. The number of nitrogens with zero attached hydrogens (tertiary/aromatic N) is 2. The Morgan fingerprint density at radius 2 is 0.952 bits per heavy atom. The van der Waals surface area contributed by atoms with Gasteiger partial charge in [-0.15, -0.1) is 24.8 Å². The van der Waals surface area contributed by atoms with Crippen LogP contribution in [0.3, 0.4) is 0 Å². The van der Waals surface area contributed by atoms with E-state index in [2.05, 4.69) is 37.5 Å². The number of halogens is 2. The maximum atomic E-state index is 13.2. The zero-order chi connectivity index (χ0) is 28.9. The minimum absolute atomic E-state index is 0. The highest BCUT2D eigenvalue weighted by atomic mass is 35.5. The molecule has 0 saturated carbocycles. The monoisotopic (exact) mass is 622 g/mol. The second kappa shape index (κ2) is 19.7. The first-order valence-electron chi connectivity index (χ1n) is 15.0. The van der Waals surface area contributed by atoms with Gasteiger partial charge >= 0.3 is 11.9 Å². The van der Waals surface area contributed by atoms with Crippen molar-refractivity contribution in [2.75, 3.05) is 52.5 Å². The van der Waals surface area contributed by atoms with Crippen molar-refractivity contribution in [2.45, 2.75) is 66.2 Å². The van der Waals surface area contributed by atoms with Gasteiger partial charge in [0.05, 0.1) is 24.3 Å². The average molecular weight is 624 g/mol. The Bertz CT molecular complexity index is 1060. The molecule has 0 saturated heterocycles. The summed E-state index contributed by atoms with van der Waals surface area (Å²) in [6.45, 7) is 15.7. The van der Waals surface area contributed by atoms with Crippen LogP contribution in [-0.4, -0.2) is 80.0 Å². The van der Waals surface area contributed by atoms with E-state index >= 15 is 0 Å². The van der Waals surface area contributed by atoms with E-state index in [1.54, 1.807) is 36.4 Å². The van der Waals surface area contributed by atoms with Crippen molar-refractivity contribution < 1.29 is 23.9 Å². The number of fused-ring (bicyclic) bond motifs is 3. The van der Waals surface area contributed by atoms with Gasteiger partial charge in [-0.05, 0) is 113 Å². The number of ether oxygens (including phenoxy) is 2. The minimum Gasteiger partial charge on any atom is -0.462 e. The summed E-state index contributed by atoms with van der Waals surface area (Å²) >= 11 is 0. The third-order valence-electron chi connectivity index (χ3n) is 7.78. The van der Waals surface area contributed by atoms with E-state index in [0.717, 1.165) is 88.9 Å². The molecule has 0 radical (unpaired) electrons. The zero-order valence-electron chi connectivity index (χ0n) is 25.6. The van der Waals surface area contributed by atoms with E-state index in [1.165, 1.54) is 0 Å². The molecule has 234 valence electrons.